The van der Waals surface area contributed by atoms with Gasteiger partial charge in [-0.3, -0.25) is 0 Å². The number of allylic oxidation sites excluding steroid dienone is 2. The SMILES string of the molecule is C/C=C\[C@@H](C)c1ccc(-c2ccc(N(c3ccc(-c4ccccc4)cc3)c3ccccc3-c3cccc4c3-c3ccccc3C43c4ccccc4-c4ccccc43)cc2)cc1. The van der Waals surface area contributed by atoms with Crippen molar-refractivity contribution in [1.29, 1.82) is 0 Å². The first-order valence-electron chi connectivity index (χ1n) is 21.5. The van der Waals surface area contributed by atoms with Crippen molar-refractivity contribution in [2.45, 2.75) is 25.2 Å². The van der Waals surface area contributed by atoms with Gasteiger partial charge in [-0.1, -0.05) is 207 Å². The number of benzene rings is 9. The molecule has 2 aliphatic rings. The van der Waals surface area contributed by atoms with E-state index in [1.54, 1.807) is 0 Å². The minimum absolute atomic E-state index is 0.387. The molecule has 1 nitrogen and oxygen atoms in total. The summed E-state index contributed by atoms with van der Waals surface area (Å²) < 4.78 is 0. The first kappa shape index (κ1) is 36.6. The van der Waals surface area contributed by atoms with Crippen molar-refractivity contribution in [3.8, 4) is 55.6 Å². The molecule has 0 amide bonds. The van der Waals surface area contributed by atoms with Crippen LogP contribution in [0, 0.1) is 0 Å². The van der Waals surface area contributed by atoms with Crippen LogP contribution in [0.5, 0.6) is 0 Å². The second-order valence-corrected chi connectivity index (χ2v) is 16.4. The molecule has 2 aliphatic carbocycles. The molecule has 9 aromatic carbocycles. The fourth-order valence-corrected chi connectivity index (χ4v) is 10.3. The number of hydrogen-bond donors (Lipinski definition) is 0. The Morgan fingerprint density at radius 2 is 0.803 bits per heavy atom. The van der Waals surface area contributed by atoms with Crippen molar-refractivity contribution in [2.75, 3.05) is 4.90 Å². The van der Waals surface area contributed by atoms with Gasteiger partial charge in [0.2, 0.25) is 0 Å². The van der Waals surface area contributed by atoms with E-state index in [0.717, 1.165) is 17.1 Å². The van der Waals surface area contributed by atoms with Crippen LogP contribution in [0.3, 0.4) is 0 Å². The van der Waals surface area contributed by atoms with E-state index in [9.17, 15) is 0 Å². The van der Waals surface area contributed by atoms with Crippen LogP contribution in [-0.4, -0.2) is 0 Å². The van der Waals surface area contributed by atoms with Crippen LogP contribution in [-0.2, 0) is 5.41 Å². The second-order valence-electron chi connectivity index (χ2n) is 16.4. The summed E-state index contributed by atoms with van der Waals surface area (Å²) in [6, 6.07) is 80.9. The molecule has 0 fully saturated rings. The van der Waals surface area contributed by atoms with E-state index >= 15 is 0 Å². The zero-order chi connectivity index (χ0) is 40.9. The van der Waals surface area contributed by atoms with Gasteiger partial charge in [0.1, 0.15) is 0 Å². The minimum atomic E-state index is -0.407. The Morgan fingerprint density at radius 3 is 1.38 bits per heavy atom. The quantitative estimate of drug-likeness (QED) is 0.139. The van der Waals surface area contributed by atoms with Gasteiger partial charge in [0.15, 0.2) is 0 Å². The number of anilines is 3. The predicted molar refractivity (Wildman–Crippen MR) is 257 cm³/mol. The summed E-state index contributed by atoms with van der Waals surface area (Å²) in [5, 5.41) is 0. The molecular weight excluding hydrogens is 735 g/mol. The molecular formula is C60H45N. The molecule has 0 bridgehead atoms. The monoisotopic (exact) mass is 779 g/mol. The average molecular weight is 780 g/mol. The molecule has 290 valence electrons. The highest BCUT2D eigenvalue weighted by Gasteiger charge is 2.52. The third-order valence-electron chi connectivity index (χ3n) is 13.1. The smallest absolute Gasteiger partial charge is 0.0725 e. The Hall–Kier alpha value is -7.48. The molecule has 1 heteroatoms. The number of para-hydroxylation sites is 1. The van der Waals surface area contributed by atoms with Gasteiger partial charge >= 0.3 is 0 Å². The summed E-state index contributed by atoms with van der Waals surface area (Å²) in [6.45, 7) is 4.33. The lowest BCUT2D eigenvalue weighted by atomic mass is 9.70. The summed E-state index contributed by atoms with van der Waals surface area (Å²) in [5.74, 6) is 0.387. The fraction of sp³-hybridized carbons (Fsp3) is 0.0667. The third kappa shape index (κ3) is 5.84. The molecule has 0 N–H and O–H groups in total. The van der Waals surface area contributed by atoms with E-state index in [-0.39, 0.29) is 0 Å². The highest BCUT2D eigenvalue weighted by Crippen LogP contribution is 2.64. The molecule has 1 atom stereocenters. The van der Waals surface area contributed by atoms with Crippen LogP contribution >= 0.6 is 0 Å². The molecule has 61 heavy (non-hydrogen) atoms. The highest BCUT2D eigenvalue weighted by molar-refractivity contribution is 6.02. The Labute approximate surface area is 359 Å². The van der Waals surface area contributed by atoms with E-state index in [2.05, 4.69) is 249 Å². The van der Waals surface area contributed by atoms with Crippen molar-refractivity contribution in [3.63, 3.8) is 0 Å². The molecule has 0 saturated heterocycles. The van der Waals surface area contributed by atoms with E-state index in [0.29, 0.717) is 5.92 Å². The Bertz CT molecular complexity index is 3040. The molecule has 0 aromatic heterocycles. The first-order chi connectivity index (χ1) is 30.1. The van der Waals surface area contributed by atoms with Crippen molar-refractivity contribution >= 4 is 17.1 Å². The van der Waals surface area contributed by atoms with Gasteiger partial charge in [-0.15, -0.1) is 0 Å². The van der Waals surface area contributed by atoms with Crippen molar-refractivity contribution in [2.24, 2.45) is 0 Å². The summed E-state index contributed by atoms with van der Waals surface area (Å²) in [4.78, 5) is 2.44. The molecule has 0 saturated carbocycles. The van der Waals surface area contributed by atoms with Crippen LogP contribution in [0.15, 0.2) is 231 Å². The zero-order valence-corrected chi connectivity index (χ0v) is 34.5. The lowest BCUT2D eigenvalue weighted by molar-refractivity contribution is 0.794. The lowest BCUT2D eigenvalue weighted by Crippen LogP contribution is -2.25. The molecule has 1 spiro atoms. The molecule has 0 heterocycles. The molecule has 0 radical (unpaired) electrons. The molecule has 0 aliphatic heterocycles. The lowest BCUT2D eigenvalue weighted by Gasteiger charge is -2.31. The number of hydrogen-bond acceptors (Lipinski definition) is 1. The average Bonchev–Trinajstić information content (AvgIpc) is 3.80. The van der Waals surface area contributed by atoms with Gasteiger partial charge in [0.25, 0.3) is 0 Å². The maximum atomic E-state index is 2.44. The van der Waals surface area contributed by atoms with Gasteiger partial charge in [-0.25, -0.2) is 0 Å². The second kappa shape index (κ2) is 15.0. The summed E-state index contributed by atoms with van der Waals surface area (Å²) in [5.41, 5.74) is 22.1. The Morgan fingerprint density at radius 1 is 0.377 bits per heavy atom. The van der Waals surface area contributed by atoms with Crippen LogP contribution in [0.2, 0.25) is 0 Å². The van der Waals surface area contributed by atoms with Crippen molar-refractivity contribution < 1.29 is 0 Å². The van der Waals surface area contributed by atoms with Gasteiger partial charge in [0.05, 0.1) is 11.1 Å². The van der Waals surface area contributed by atoms with E-state index in [4.69, 9.17) is 0 Å². The summed E-state index contributed by atoms with van der Waals surface area (Å²) in [7, 11) is 0. The molecule has 9 aromatic rings. The Kier molecular flexibility index (Phi) is 8.98. The first-order valence-corrected chi connectivity index (χ1v) is 21.5. The summed E-state index contributed by atoms with van der Waals surface area (Å²) in [6.07, 6.45) is 4.38. The summed E-state index contributed by atoms with van der Waals surface area (Å²) >= 11 is 0. The number of fused-ring (bicyclic) bond motifs is 10. The fourth-order valence-electron chi connectivity index (χ4n) is 10.3. The van der Waals surface area contributed by atoms with Gasteiger partial charge < -0.3 is 4.90 Å². The van der Waals surface area contributed by atoms with E-state index in [1.165, 1.54) is 83.5 Å². The number of rotatable bonds is 8. The topological polar surface area (TPSA) is 3.24 Å². The van der Waals surface area contributed by atoms with Gasteiger partial charge in [-0.05, 0) is 121 Å². The van der Waals surface area contributed by atoms with Crippen LogP contribution < -0.4 is 4.90 Å². The Balaban J connectivity index is 1.09. The van der Waals surface area contributed by atoms with Crippen LogP contribution in [0.1, 0.15) is 47.6 Å². The molecule has 11 rings (SSSR count). The van der Waals surface area contributed by atoms with Crippen LogP contribution in [0.4, 0.5) is 17.1 Å². The molecule has 0 unspecified atom stereocenters. The number of nitrogens with zero attached hydrogens (tertiary/aromatic N) is 1. The van der Waals surface area contributed by atoms with Gasteiger partial charge in [0, 0.05) is 16.9 Å². The van der Waals surface area contributed by atoms with Crippen molar-refractivity contribution in [3.05, 3.63) is 258 Å². The standard InChI is InChI=1S/C60H45N/c1-3-16-41(2)42-29-31-44(32-30-42)46-35-39-48(40-36-46)61(47-37-33-45(34-38-47)43-17-5-4-6-18-43)58-28-14-10-21-51(58)52-23-15-27-57-59(52)53-22-9-13-26-56(53)60(57)54-24-11-7-19-49(54)50-20-8-12-25-55(50)60/h3-41H,1-2H3/b16-3-/t41-/m1/s1. The van der Waals surface area contributed by atoms with Crippen LogP contribution in [0.25, 0.3) is 55.6 Å². The maximum Gasteiger partial charge on any atom is 0.0725 e. The highest BCUT2D eigenvalue weighted by atomic mass is 15.1. The largest absolute Gasteiger partial charge is 0.310 e. The van der Waals surface area contributed by atoms with E-state index < -0.39 is 5.41 Å². The van der Waals surface area contributed by atoms with E-state index in [1.807, 2.05) is 0 Å². The van der Waals surface area contributed by atoms with Gasteiger partial charge in [-0.2, -0.15) is 0 Å². The third-order valence-corrected chi connectivity index (χ3v) is 13.1. The zero-order valence-electron chi connectivity index (χ0n) is 34.5. The predicted octanol–water partition coefficient (Wildman–Crippen LogP) is 16.2. The van der Waals surface area contributed by atoms with Crippen molar-refractivity contribution in [1.82, 2.24) is 0 Å². The maximum absolute atomic E-state index is 2.44. The normalized spacial score (nSPS) is 13.4. The minimum Gasteiger partial charge on any atom is -0.310 e.